The summed E-state index contributed by atoms with van der Waals surface area (Å²) in [6.07, 6.45) is 7.86. The highest BCUT2D eigenvalue weighted by Gasteiger charge is 2.59. The zero-order valence-electron chi connectivity index (χ0n) is 18.4. The van der Waals surface area contributed by atoms with Gasteiger partial charge >= 0.3 is 11.9 Å². The standard InChI is InChI=1S/C24H36O5/c1-6-15(4)22(26)29-18-13-14(3)12-17-9-8-16(5)21(20(17)18)24(7-2)19(25)10-11-28-23(24)27/h8-9,12,14-16,18-21,25H,6-7,10-11,13H2,1-5H3. The smallest absolute Gasteiger partial charge is 0.315 e. The lowest BCUT2D eigenvalue weighted by Gasteiger charge is -2.53. The molecule has 0 aromatic rings. The van der Waals surface area contributed by atoms with Crippen molar-refractivity contribution in [2.24, 2.45) is 35.0 Å². The molecule has 2 aliphatic carbocycles. The van der Waals surface area contributed by atoms with Gasteiger partial charge in [-0.05, 0) is 42.6 Å². The van der Waals surface area contributed by atoms with Gasteiger partial charge in [-0.15, -0.1) is 0 Å². The maximum Gasteiger partial charge on any atom is 0.315 e. The number of cyclic esters (lactones) is 1. The van der Waals surface area contributed by atoms with E-state index in [4.69, 9.17) is 9.47 Å². The fourth-order valence-corrected chi connectivity index (χ4v) is 5.66. The van der Waals surface area contributed by atoms with Crippen molar-refractivity contribution in [1.82, 2.24) is 0 Å². The van der Waals surface area contributed by atoms with E-state index in [-0.39, 0.29) is 54.2 Å². The van der Waals surface area contributed by atoms with Crippen LogP contribution in [0.15, 0.2) is 23.8 Å². The quantitative estimate of drug-likeness (QED) is 0.700. The Balaban J connectivity index is 2.05. The van der Waals surface area contributed by atoms with Gasteiger partial charge in [0.25, 0.3) is 0 Å². The monoisotopic (exact) mass is 404 g/mol. The van der Waals surface area contributed by atoms with E-state index in [1.54, 1.807) is 0 Å². The molecule has 8 unspecified atom stereocenters. The zero-order chi connectivity index (χ0) is 21.3. The van der Waals surface area contributed by atoms with Crippen LogP contribution in [0, 0.1) is 35.0 Å². The van der Waals surface area contributed by atoms with E-state index in [0.717, 1.165) is 18.4 Å². The molecule has 3 rings (SSSR count). The van der Waals surface area contributed by atoms with Crippen molar-refractivity contribution in [3.63, 3.8) is 0 Å². The number of allylic oxidation sites excluding steroid dienone is 3. The Morgan fingerprint density at radius 2 is 2.10 bits per heavy atom. The minimum Gasteiger partial charge on any atom is -0.465 e. The molecular formula is C24H36O5. The zero-order valence-corrected chi connectivity index (χ0v) is 18.4. The Morgan fingerprint density at radius 3 is 2.72 bits per heavy atom. The van der Waals surface area contributed by atoms with Gasteiger partial charge in [-0.1, -0.05) is 52.8 Å². The predicted molar refractivity (Wildman–Crippen MR) is 111 cm³/mol. The molecule has 1 heterocycles. The minimum absolute atomic E-state index is 0.0654. The van der Waals surface area contributed by atoms with Crippen LogP contribution in [-0.2, 0) is 19.1 Å². The van der Waals surface area contributed by atoms with Gasteiger partial charge < -0.3 is 14.6 Å². The van der Waals surface area contributed by atoms with Crippen LogP contribution in [0.4, 0.5) is 0 Å². The molecule has 0 saturated carbocycles. The average molecular weight is 405 g/mol. The first-order valence-corrected chi connectivity index (χ1v) is 11.2. The summed E-state index contributed by atoms with van der Waals surface area (Å²) in [6.45, 7) is 10.3. The van der Waals surface area contributed by atoms with Crippen molar-refractivity contribution < 1.29 is 24.2 Å². The fraction of sp³-hybridized carbons (Fsp3) is 0.750. The van der Waals surface area contributed by atoms with Crippen LogP contribution in [0.25, 0.3) is 0 Å². The third-order valence-electron chi connectivity index (χ3n) is 7.47. The maximum atomic E-state index is 13.1. The molecule has 0 spiro atoms. The lowest BCUT2D eigenvalue weighted by molar-refractivity contribution is -0.192. The highest BCUT2D eigenvalue weighted by atomic mass is 16.5. The highest BCUT2D eigenvalue weighted by molar-refractivity contribution is 5.79. The molecule has 5 heteroatoms. The summed E-state index contributed by atoms with van der Waals surface area (Å²) in [4.78, 5) is 25.8. The Morgan fingerprint density at radius 1 is 1.38 bits per heavy atom. The van der Waals surface area contributed by atoms with Gasteiger partial charge in [0.15, 0.2) is 0 Å². The molecule has 29 heavy (non-hydrogen) atoms. The van der Waals surface area contributed by atoms with Crippen LogP contribution in [0.2, 0.25) is 0 Å². The lowest BCUT2D eigenvalue weighted by atomic mass is 9.53. The van der Waals surface area contributed by atoms with Crippen LogP contribution in [0.5, 0.6) is 0 Å². The van der Waals surface area contributed by atoms with E-state index in [0.29, 0.717) is 12.8 Å². The second-order valence-corrected chi connectivity index (χ2v) is 9.27. The summed E-state index contributed by atoms with van der Waals surface area (Å²) in [5.41, 5.74) is 0.139. The number of aliphatic hydroxyl groups excluding tert-OH is 1. The number of hydrogen-bond acceptors (Lipinski definition) is 5. The maximum absolute atomic E-state index is 13.1. The molecule has 1 aliphatic heterocycles. The van der Waals surface area contributed by atoms with Crippen LogP contribution >= 0.6 is 0 Å². The number of carbonyl (C=O) groups is 2. The molecule has 5 nitrogen and oxygen atoms in total. The molecule has 0 amide bonds. The molecule has 0 aromatic heterocycles. The van der Waals surface area contributed by atoms with Gasteiger partial charge in [-0.3, -0.25) is 9.59 Å². The van der Waals surface area contributed by atoms with Crippen LogP contribution in [0.3, 0.4) is 0 Å². The van der Waals surface area contributed by atoms with Crippen LogP contribution < -0.4 is 0 Å². The fourth-order valence-electron chi connectivity index (χ4n) is 5.66. The number of hydrogen-bond donors (Lipinski definition) is 1. The van der Waals surface area contributed by atoms with E-state index in [1.165, 1.54) is 0 Å². The van der Waals surface area contributed by atoms with Crippen molar-refractivity contribution >= 4 is 11.9 Å². The minimum atomic E-state index is -0.978. The molecular weight excluding hydrogens is 368 g/mol. The van der Waals surface area contributed by atoms with E-state index < -0.39 is 11.5 Å². The summed E-state index contributed by atoms with van der Waals surface area (Å²) in [5, 5.41) is 11.0. The van der Waals surface area contributed by atoms with E-state index >= 15 is 0 Å². The largest absolute Gasteiger partial charge is 0.465 e. The number of esters is 2. The van der Waals surface area contributed by atoms with Crippen molar-refractivity contribution in [3.05, 3.63) is 23.8 Å². The Hall–Kier alpha value is -1.62. The van der Waals surface area contributed by atoms with Crippen molar-refractivity contribution in [1.29, 1.82) is 0 Å². The van der Waals surface area contributed by atoms with Crippen LogP contribution in [0.1, 0.15) is 60.3 Å². The van der Waals surface area contributed by atoms with Crippen molar-refractivity contribution in [2.75, 3.05) is 6.61 Å². The Bertz CT molecular complexity index is 695. The summed E-state index contributed by atoms with van der Waals surface area (Å²) in [6, 6.07) is 0. The first-order chi connectivity index (χ1) is 13.8. The van der Waals surface area contributed by atoms with Gasteiger partial charge in [-0.25, -0.2) is 0 Å². The molecule has 1 N–H and O–H groups in total. The summed E-state index contributed by atoms with van der Waals surface area (Å²) >= 11 is 0. The van der Waals surface area contributed by atoms with E-state index in [1.807, 2.05) is 20.8 Å². The number of rotatable bonds is 5. The molecule has 162 valence electrons. The van der Waals surface area contributed by atoms with E-state index in [2.05, 4.69) is 32.1 Å². The van der Waals surface area contributed by atoms with Gasteiger partial charge in [0.05, 0.1) is 24.0 Å². The summed E-state index contributed by atoms with van der Waals surface area (Å²) < 4.78 is 11.5. The SMILES string of the molecule is CCC(C)C(=O)OC1CC(C)C=C2C=CC(C)C(C3(CC)C(=O)OCCC3O)C21. The molecule has 1 saturated heterocycles. The predicted octanol–water partition coefficient (Wildman–Crippen LogP) is 4.05. The third kappa shape index (κ3) is 3.78. The number of fused-ring (bicyclic) bond motifs is 1. The van der Waals surface area contributed by atoms with E-state index in [9.17, 15) is 14.7 Å². The first kappa shape index (κ1) is 22.1. The molecule has 8 atom stereocenters. The van der Waals surface area contributed by atoms with Crippen LogP contribution in [-0.4, -0.2) is 35.9 Å². The second kappa shape index (κ2) is 8.63. The van der Waals surface area contributed by atoms with Crippen molar-refractivity contribution in [3.8, 4) is 0 Å². The van der Waals surface area contributed by atoms with Crippen molar-refractivity contribution in [2.45, 2.75) is 72.5 Å². The molecule has 0 radical (unpaired) electrons. The molecule has 0 bridgehead atoms. The Kier molecular flexibility index (Phi) is 6.57. The highest BCUT2D eigenvalue weighted by Crippen LogP contribution is 2.54. The summed E-state index contributed by atoms with van der Waals surface area (Å²) in [5.74, 6) is -0.570. The second-order valence-electron chi connectivity index (χ2n) is 9.27. The molecule has 1 fully saturated rings. The van der Waals surface area contributed by atoms with Gasteiger partial charge in [0, 0.05) is 12.3 Å². The lowest BCUT2D eigenvalue weighted by Crippen LogP contribution is -2.59. The number of aliphatic hydroxyl groups is 1. The first-order valence-electron chi connectivity index (χ1n) is 11.2. The summed E-state index contributed by atoms with van der Waals surface area (Å²) in [7, 11) is 0. The molecule has 3 aliphatic rings. The normalized spacial score (nSPS) is 40.5. The topological polar surface area (TPSA) is 72.8 Å². The Labute approximate surface area is 174 Å². The molecule has 0 aromatic carbocycles. The van der Waals surface area contributed by atoms with Gasteiger partial charge in [0.1, 0.15) is 6.10 Å². The number of carbonyl (C=O) groups excluding carboxylic acids is 2. The average Bonchev–Trinajstić information content (AvgIpc) is 2.69. The van der Waals surface area contributed by atoms with Gasteiger partial charge in [-0.2, -0.15) is 0 Å². The third-order valence-corrected chi connectivity index (χ3v) is 7.47. The number of ether oxygens (including phenoxy) is 2. The van der Waals surface area contributed by atoms with Gasteiger partial charge in [0.2, 0.25) is 0 Å².